The molecule has 0 spiro atoms. The second kappa shape index (κ2) is 7.85. The number of hydrogen-bond donors (Lipinski definition) is 1. The normalized spacial score (nSPS) is 12.1. The second-order valence-electron chi connectivity index (χ2n) is 5.66. The van der Waals surface area contributed by atoms with Gasteiger partial charge < -0.3 is 19.2 Å². The number of aromatic nitrogens is 2. The van der Waals surface area contributed by atoms with Gasteiger partial charge in [0, 0.05) is 30.7 Å². The number of benzene rings is 1. The molecule has 0 saturated heterocycles. The Morgan fingerprint density at radius 2 is 2.24 bits per heavy atom. The van der Waals surface area contributed by atoms with Crippen molar-refractivity contribution in [2.75, 3.05) is 18.6 Å². The molecule has 3 aromatic rings. The maximum Gasteiger partial charge on any atom is 0.167 e. The zero-order valence-electron chi connectivity index (χ0n) is 13.9. The molecule has 0 aliphatic rings. The molecule has 0 bridgehead atoms. The van der Waals surface area contributed by atoms with Crippen LogP contribution in [0.2, 0.25) is 0 Å². The number of halogens is 1. The fourth-order valence-electron chi connectivity index (χ4n) is 2.64. The van der Waals surface area contributed by atoms with Crippen molar-refractivity contribution in [2.24, 2.45) is 0 Å². The van der Waals surface area contributed by atoms with Gasteiger partial charge in [-0.05, 0) is 30.3 Å². The highest BCUT2D eigenvalue weighted by Crippen LogP contribution is 2.25. The van der Waals surface area contributed by atoms with E-state index in [1.165, 1.54) is 13.2 Å². The lowest BCUT2D eigenvalue weighted by molar-refractivity contribution is 0.153. The van der Waals surface area contributed by atoms with E-state index in [1.807, 2.05) is 11.0 Å². The van der Waals surface area contributed by atoms with Gasteiger partial charge in [0.25, 0.3) is 0 Å². The lowest BCUT2D eigenvalue weighted by Gasteiger charge is -2.27. The van der Waals surface area contributed by atoms with Crippen LogP contribution in [0.1, 0.15) is 5.76 Å². The number of aliphatic hydroxyl groups is 1. The summed E-state index contributed by atoms with van der Waals surface area (Å²) in [7, 11) is 1.42. The van der Waals surface area contributed by atoms with Crippen LogP contribution in [-0.4, -0.2) is 34.6 Å². The molecule has 3 rings (SSSR count). The van der Waals surface area contributed by atoms with Crippen LogP contribution in [0.5, 0.6) is 5.75 Å². The molecule has 2 aromatic heterocycles. The first kappa shape index (κ1) is 17.0. The maximum absolute atomic E-state index is 14.1. The number of ether oxygens (including phenoxy) is 1. The summed E-state index contributed by atoms with van der Waals surface area (Å²) in [6.45, 7) is 1.06. The van der Waals surface area contributed by atoms with Gasteiger partial charge in [-0.1, -0.05) is 0 Å². The molecule has 1 atom stereocenters. The molecule has 6 nitrogen and oxygen atoms in total. The molecular weight excluding hydrogens is 325 g/mol. The van der Waals surface area contributed by atoms with Gasteiger partial charge in [0.1, 0.15) is 5.76 Å². The molecule has 0 aliphatic heterocycles. The second-order valence-corrected chi connectivity index (χ2v) is 5.66. The van der Waals surface area contributed by atoms with Gasteiger partial charge in [0.15, 0.2) is 11.6 Å². The van der Waals surface area contributed by atoms with Crippen LogP contribution in [0.3, 0.4) is 0 Å². The molecule has 132 valence electrons. The van der Waals surface area contributed by atoms with Crippen molar-refractivity contribution in [3.8, 4) is 5.75 Å². The Balaban J connectivity index is 1.78. The Kier molecular flexibility index (Phi) is 5.35. The van der Waals surface area contributed by atoms with Crippen molar-refractivity contribution in [2.45, 2.75) is 19.2 Å². The number of aliphatic hydroxyl groups excluding tert-OH is 1. The number of anilines is 1. The van der Waals surface area contributed by atoms with Crippen LogP contribution in [0.4, 0.5) is 10.1 Å². The fourth-order valence-corrected chi connectivity index (χ4v) is 2.64. The van der Waals surface area contributed by atoms with Crippen LogP contribution in [0.25, 0.3) is 0 Å². The van der Waals surface area contributed by atoms with Gasteiger partial charge in [-0.2, -0.15) is 5.10 Å². The first-order valence-corrected chi connectivity index (χ1v) is 7.92. The van der Waals surface area contributed by atoms with Crippen LogP contribution in [0.15, 0.2) is 59.5 Å². The molecule has 0 unspecified atom stereocenters. The Morgan fingerprint density at radius 1 is 1.36 bits per heavy atom. The van der Waals surface area contributed by atoms with Gasteiger partial charge in [0.2, 0.25) is 0 Å². The van der Waals surface area contributed by atoms with Crippen molar-refractivity contribution in [1.82, 2.24) is 9.78 Å². The van der Waals surface area contributed by atoms with Crippen molar-refractivity contribution < 1.29 is 18.7 Å². The Morgan fingerprint density at radius 3 is 2.88 bits per heavy atom. The third kappa shape index (κ3) is 4.39. The van der Waals surface area contributed by atoms with Crippen molar-refractivity contribution in [1.29, 1.82) is 0 Å². The number of methoxy groups -OCH3 is 1. The van der Waals surface area contributed by atoms with E-state index in [1.54, 1.807) is 47.6 Å². The molecule has 2 heterocycles. The van der Waals surface area contributed by atoms with E-state index in [2.05, 4.69) is 5.10 Å². The van der Waals surface area contributed by atoms with E-state index in [4.69, 9.17) is 9.15 Å². The summed E-state index contributed by atoms with van der Waals surface area (Å²) >= 11 is 0. The van der Waals surface area contributed by atoms with Crippen molar-refractivity contribution in [3.63, 3.8) is 0 Å². The monoisotopic (exact) mass is 345 g/mol. The lowest BCUT2D eigenvalue weighted by Crippen LogP contribution is -2.34. The predicted molar refractivity (Wildman–Crippen MR) is 90.9 cm³/mol. The minimum absolute atomic E-state index is 0.179. The minimum Gasteiger partial charge on any atom is -0.494 e. The Bertz CT molecular complexity index is 775. The highest BCUT2D eigenvalue weighted by Gasteiger charge is 2.17. The molecule has 0 fully saturated rings. The van der Waals surface area contributed by atoms with E-state index >= 15 is 0 Å². The molecule has 0 radical (unpaired) electrons. The van der Waals surface area contributed by atoms with Crippen LogP contribution in [-0.2, 0) is 13.1 Å². The van der Waals surface area contributed by atoms with Crippen LogP contribution >= 0.6 is 0 Å². The van der Waals surface area contributed by atoms with E-state index in [-0.39, 0.29) is 5.75 Å². The molecule has 1 N–H and O–H groups in total. The smallest absolute Gasteiger partial charge is 0.167 e. The van der Waals surface area contributed by atoms with E-state index in [9.17, 15) is 9.50 Å². The minimum atomic E-state index is -0.681. The van der Waals surface area contributed by atoms with Gasteiger partial charge in [0.05, 0.1) is 32.6 Å². The molecule has 0 amide bonds. The average Bonchev–Trinajstić information content (AvgIpc) is 3.28. The number of hydrogen-bond acceptors (Lipinski definition) is 5. The third-order valence-corrected chi connectivity index (χ3v) is 3.82. The molecular formula is C18H20FN3O3. The largest absolute Gasteiger partial charge is 0.494 e. The van der Waals surface area contributed by atoms with Gasteiger partial charge >= 0.3 is 0 Å². The quantitative estimate of drug-likeness (QED) is 0.680. The van der Waals surface area contributed by atoms with E-state index < -0.39 is 11.9 Å². The molecule has 1 aromatic carbocycles. The SMILES string of the molecule is COc1ccc(N(Cc2ccco2)C[C@@H](O)Cn2cccn2)cc1F. The topological polar surface area (TPSA) is 63.7 Å². The first-order valence-electron chi connectivity index (χ1n) is 7.92. The summed E-state index contributed by atoms with van der Waals surface area (Å²) in [5, 5.41) is 14.5. The van der Waals surface area contributed by atoms with E-state index in [0.717, 1.165) is 5.76 Å². The van der Waals surface area contributed by atoms with Gasteiger partial charge in [-0.25, -0.2) is 4.39 Å². The highest BCUT2D eigenvalue weighted by atomic mass is 19.1. The highest BCUT2D eigenvalue weighted by molar-refractivity contribution is 5.50. The van der Waals surface area contributed by atoms with Crippen LogP contribution < -0.4 is 9.64 Å². The predicted octanol–water partition coefficient (Wildman–Crippen LogP) is 2.69. The summed E-state index contributed by atoms with van der Waals surface area (Å²) in [4.78, 5) is 1.86. The van der Waals surface area contributed by atoms with Gasteiger partial charge in [-0.3, -0.25) is 4.68 Å². The zero-order chi connectivity index (χ0) is 17.6. The van der Waals surface area contributed by atoms with Crippen molar-refractivity contribution in [3.05, 3.63) is 66.6 Å². The molecule has 7 heteroatoms. The average molecular weight is 345 g/mol. The Hall–Kier alpha value is -2.80. The zero-order valence-corrected chi connectivity index (χ0v) is 13.9. The lowest BCUT2D eigenvalue weighted by atomic mass is 10.2. The molecule has 0 saturated carbocycles. The van der Waals surface area contributed by atoms with E-state index in [0.29, 0.717) is 25.3 Å². The Labute approximate surface area is 145 Å². The fraction of sp³-hybridized carbons (Fsp3) is 0.278. The molecule has 0 aliphatic carbocycles. The third-order valence-electron chi connectivity index (χ3n) is 3.82. The van der Waals surface area contributed by atoms with Gasteiger partial charge in [-0.15, -0.1) is 0 Å². The number of nitrogens with zero attached hydrogens (tertiary/aromatic N) is 3. The van der Waals surface area contributed by atoms with Crippen molar-refractivity contribution >= 4 is 5.69 Å². The standard InChI is InChI=1S/C18H20FN3O3/c1-24-18-6-5-14(10-17(18)19)21(13-16-4-2-9-25-16)11-15(23)12-22-8-3-7-20-22/h2-10,15,23H,11-13H2,1H3/t15-/m1/s1. The summed E-state index contributed by atoms with van der Waals surface area (Å²) in [5.74, 6) is 0.451. The summed E-state index contributed by atoms with van der Waals surface area (Å²) in [6.07, 6.45) is 4.35. The number of furan rings is 1. The summed E-state index contributed by atoms with van der Waals surface area (Å²) in [5.41, 5.74) is 0.634. The summed E-state index contributed by atoms with van der Waals surface area (Å²) < 4.78 is 26.1. The summed E-state index contributed by atoms with van der Waals surface area (Å²) in [6, 6.07) is 10.1. The van der Waals surface area contributed by atoms with Crippen LogP contribution in [0, 0.1) is 5.82 Å². The number of rotatable bonds is 8. The molecule has 25 heavy (non-hydrogen) atoms. The maximum atomic E-state index is 14.1. The first-order chi connectivity index (χ1) is 12.2.